The van der Waals surface area contributed by atoms with Gasteiger partial charge in [-0.2, -0.15) is 0 Å². The number of anilines is 1. The summed E-state index contributed by atoms with van der Waals surface area (Å²) >= 11 is 3.40. The fraction of sp³-hybridized carbons (Fsp3) is 0.222. The summed E-state index contributed by atoms with van der Waals surface area (Å²) in [5, 5.41) is 3.20. The van der Waals surface area contributed by atoms with Crippen LogP contribution in [0.4, 0.5) is 5.69 Å². The summed E-state index contributed by atoms with van der Waals surface area (Å²) in [5.74, 6) is 0.938. The van der Waals surface area contributed by atoms with Gasteiger partial charge in [0.15, 0.2) is 0 Å². The Hall–Kier alpha value is -0.740. The number of aliphatic imine (C=N–C) groups is 1. The van der Waals surface area contributed by atoms with E-state index in [-0.39, 0.29) is 12.4 Å². The third-order valence-electron chi connectivity index (χ3n) is 1.87. The van der Waals surface area contributed by atoms with Gasteiger partial charge in [-0.15, -0.1) is 12.4 Å². The molecular weight excluding hydrogens is 265 g/mol. The summed E-state index contributed by atoms with van der Waals surface area (Å²) in [4.78, 5) is 4.32. The van der Waals surface area contributed by atoms with Gasteiger partial charge in [-0.1, -0.05) is 15.9 Å². The Morgan fingerprint density at radius 3 is 2.71 bits per heavy atom. The zero-order chi connectivity index (χ0) is 9.26. The first-order valence-electron chi connectivity index (χ1n) is 4.10. The van der Waals surface area contributed by atoms with E-state index in [0.29, 0.717) is 0 Å². The number of nitrogens with one attached hydrogen (secondary N) is 1. The lowest BCUT2D eigenvalue weighted by molar-refractivity contribution is 0.960. The van der Waals surface area contributed by atoms with Gasteiger partial charge in [-0.25, -0.2) is 0 Å². The van der Waals surface area contributed by atoms with Crippen LogP contribution in [0.1, 0.15) is 5.56 Å². The van der Waals surface area contributed by atoms with E-state index in [4.69, 9.17) is 5.73 Å². The highest BCUT2D eigenvalue weighted by molar-refractivity contribution is 9.10. The molecule has 3 N–H and O–H groups in total. The second-order valence-corrected chi connectivity index (χ2v) is 3.85. The molecule has 0 saturated heterocycles. The average molecular weight is 277 g/mol. The van der Waals surface area contributed by atoms with Crippen molar-refractivity contribution in [3.63, 3.8) is 0 Å². The minimum Gasteiger partial charge on any atom is -0.399 e. The monoisotopic (exact) mass is 275 g/mol. The fourth-order valence-corrected chi connectivity index (χ4v) is 1.85. The van der Waals surface area contributed by atoms with Crippen molar-refractivity contribution in [3.8, 4) is 0 Å². The summed E-state index contributed by atoms with van der Waals surface area (Å²) in [6.07, 6.45) is 0. The quantitative estimate of drug-likeness (QED) is 0.769. The van der Waals surface area contributed by atoms with Crippen molar-refractivity contribution >= 4 is 39.9 Å². The second-order valence-electron chi connectivity index (χ2n) is 2.93. The maximum atomic E-state index is 5.71. The molecule has 76 valence electrons. The van der Waals surface area contributed by atoms with Crippen LogP contribution >= 0.6 is 28.3 Å². The summed E-state index contributed by atoms with van der Waals surface area (Å²) in [7, 11) is 0. The zero-order valence-electron chi connectivity index (χ0n) is 7.46. The van der Waals surface area contributed by atoms with Gasteiger partial charge < -0.3 is 11.1 Å². The first kappa shape index (κ1) is 11.3. The van der Waals surface area contributed by atoms with Crippen LogP contribution < -0.4 is 11.1 Å². The molecule has 1 aliphatic heterocycles. The Kier molecular flexibility index (Phi) is 3.77. The van der Waals surface area contributed by atoms with Gasteiger partial charge >= 0.3 is 0 Å². The van der Waals surface area contributed by atoms with E-state index in [9.17, 15) is 0 Å². The van der Waals surface area contributed by atoms with Crippen LogP contribution in [0.25, 0.3) is 0 Å². The SMILES string of the molecule is Cl.Nc1cc(Br)cc(C2=NCCN2)c1. The third kappa shape index (κ3) is 2.39. The number of rotatable bonds is 1. The van der Waals surface area contributed by atoms with Gasteiger partial charge in [-0.05, 0) is 18.2 Å². The maximum Gasteiger partial charge on any atom is 0.128 e. The average Bonchev–Trinajstić information content (AvgIpc) is 2.53. The number of amidine groups is 1. The molecule has 0 saturated carbocycles. The summed E-state index contributed by atoms with van der Waals surface area (Å²) in [6, 6.07) is 5.80. The molecule has 1 aromatic carbocycles. The van der Waals surface area contributed by atoms with E-state index in [1.807, 2.05) is 18.2 Å². The molecule has 0 bridgehead atoms. The van der Waals surface area contributed by atoms with E-state index < -0.39 is 0 Å². The molecule has 0 radical (unpaired) electrons. The van der Waals surface area contributed by atoms with Crippen molar-refractivity contribution in [2.24, 2.45) is 4.99 Å². The molecule has 0 atom stereocenters. The van der Waals surface area contributed by atoms with Crippen LogP contribution in [-0.4, -0.2) is 18.9 Å². The lowest BCUT2D eigenvalue weighted by Crippen LogP contribution is -2.19. The van der Waals surface area contributed by atoms with Crippen molar-refractivity contribution in [1.82, 2.24) is 5.32 Å². The minimum atomic E-state index is 0. The second kappa shape index (κ2) is 4.66. The molecule has 0 unspecified atom stereocenters. The first-order chi connectivity index (χ1) is 6.25. The molecule has 0 spiro atoms. The van der Waals surface area contributed by atoms with Crippen molar-refractivity contribution < 1.29 is 0 Å². The van der Waals surface area contributed by atoms with Crippen molar-refractivity contribution in [1.29, 1.82) is 0 Å². The summed E-state index contributed by atoms with van der Waals surface area (Å²) in [5.41, 5.74) is 7.51. The number of benzene rings is 1. The van der Waals surface area contributed by atoms with E-state index in [2.05, 4.69) is 26.2 Å². The molecule has 1 heterocycles. The van der Waals surface area contributed by atoms with Crippen LogP contribution in [0.2, 0.25) is 0 Å². The fourth-order valence-electron chi connectivity index (χ4n) is 1.34. The van der Waals surface area contributed by atoms with E-state index in [1.165, 1.54) is 0 Å². The van der Waals surface area contributed by atoms with Gasteiger partial charge in [0.2, 0.25) is 0 Å². The Morgan fingerprint density at radius 2 is 2.14 bits per heavy atom. The van der Waals surface area contributed by atoms with Crippen LogP contribution in [0.5, 0.6) is 0 Å². The molecular formula is C9H11BrClN3. The molecule has 0 aromatic heterocycles. The van der Waals surface area contributed by atoms with Crippen LogP contribution in [0.15, 0.2) is 27.7 Å². The van der Waals surface area contributed by atoms with Crippen LogP contribution in [-0.2, 0) is 0 Å². The standard InChI is InChI=1S/C9H10BrN3.ClH/c10-7-3-6(4-8(11)5-7)9-12-1-2-13-9;/h3-5H,1-2,11H2,(H,12,13);1H. The highest BCUT2D eigenvalue weighted by Gasteiger charge is 2.08. The van der Waals surface area contributed by atoms with Crippen LogP contribution in [0, 0.1) is 0 Å². The summed E-state index contributed by atoms with van der Waals surface area (Å²) < 4.78 is 0.985. The Morgan fingerprint density at radius 1 is 1.36 bits per heavy atom. The number of nitrogens with two attached hydrogens (primary N) is 1. The topological polar surface area (TPSA) is 50.4 Å². The molecule has 3 nitrogen and oxygen atoms in total. The van der Waals surface area contributed by atoms with E-state index in [0.717, 1.165) is 34.6 Å². The molecule has 5 heteroatoms. The van der Waals surface area contributed by atoms with Gasteiger partial charge in [0.1, 0.15) is 5.84 Å². The lowest BCUT2D eigenvalue weighted by Gasteiger charge is -2.04. The minimum absolute atomic E-state index is 0. The molecule has 0 amide bonds. The van der Waals surface area contributed by atoms with Crippen molar-refractivity contribution in [2.45, 2.75) is 0 Å². The number of hydrogen-bond acceptors (Lipinski definition) is 3. The largest absolute Gasteiger partial charge is 0.399 e. The van der Waals surface area contributed by atoms with E-state index >= 15 is 0 Å². The van der Waals surface area contributed by atoms with Crippen molar-refractivity contribution in [3.05, 3.63) is 28.2 Å². The number of nitrogen functional groups attached to an aromatic ring is 1. The maximum absolute atomic E-state index is 5.71. The number of halogens is 2. The van der Waals surface area contributed by atoms with Gasteiger partial charge in [-0.3, -0.25) is 4.99 Å². The predicted octanol–water partition coefficient (Wildman–Crippen LogP) is 1.80. The number of nitrogens with zero attached hydrogens (tertiary/aromatic N) is 1. The highest BCUT2D eigenvalue weighted by atomic mass is 79.9. The van der Waals surface area contributed by atoms with Crippen molar-refractivity contribution in [2.75, 3.05) is 18.8 Å². The molecule has 1 aromatic rings. The Bertz CT molecular complexity index is 345. The van der Waals surface area contributed by atoms with Gasteiger partial charge in [0.05, 0.1) is 6.54 Å². The predicted molar refractivity (Wildman–Crippen MR) is 65.2 cm³/mol. The molecule has 14 heavy (non-hydrogen) atoms. The third-order valence-corrected chi connectivity index (χ3v) is 2.33. The van der Waals surface area contributed by atoms with Crippen LogP contribution in [0.3, 0.4) is 0 Å². The number of hydrogen-bond donors (Lipinski definition) is 2. The normalized spacial score (nSPS) is 14.2. The highest BCUT2D eigenvalue weighted by Crippen LogP contribution is 2.17. The summed E-state index contributed by atoms with van der Waals surface area (Å²) in [6.45, 7) is 1.77. The van der Waals surface area contributed by atoms with Gasteiger partial charge in [0.25, 0.3) is 0 Å². The Balaban J connectivity index is 0.000000980. The molecule has 2 rings (SSSR count). The zero-order valence-corrected chi connectivity index (χ0v) is 9.86. The van der Waals surface area contributed by atoms with Gasteiger partial charge in [0, 0.05) is 22.3 Å². The lowest BCUT2D eigenvalue weighted by atomic mass is 10.2. The molecule has 1 aliphatic rings. The first-order valence-corrected chi connectivity index (χ1v) is 4.90. The molecule has 0 fully saturated rings. The Labute approximate surface area is 97.3 Å². The van der Waals surface area contributed by atoms with E-state index in [1.54, 1.807) is 0 Å². The smallest absolute Gasteiger partial charge is 0.128 e. The molecule has 0 aliphatic carbocycles.